The van der Waals surface area contributed by atoms with Crippen molar-refractivity contribution in [1.82, 2.24) is 30.0 Å². The van der Waals surface area contributed by atoms with Gasteiger partial charge in [0.2, 0.25) is 5.95 Å². The molecule has 164 valence electrons. The molecule has 1 aliphatic carbocycles. The summed E-state index contributed by atoms with van der Waals surface area (Å²) >= 11 is 0. The molecule has 0 amide bonds. The second kappa shape index (κ2) is 7.35. The van der Waals surface area contributed by atoms with E-state index in [0.29, 0.717) is 34.9 Å². The van der Waals surface area contributed by atoms with E-state index in [2.05, 4.69) is 50.5 Å². The number of hydrogen-bond acceptors (Lipinski definition) is 8. The van der Waals surface area contributed by atoms with Gasteiger partial charge >= 0.3 is 0 Å². The van der Waals surface area contributed by atoms with Gasteiger partial charge in [-0.05, 0) is 43.9 Å². The Morgan fingerprint density at radius 1 is 1.23 bits per heavy atom. The Bertz CT molecular complexity index is 1130. The molecule has 5 rings (SSSR count). The molecule has 1 spiro atoms. The van der Waals surface area contributed by atoms with Crippen molar-refractivity contribution in [3.05, 3.63) is 35.0 Å². The van der Waals surface area contributed by atoms with Crippen LogP contribution in [-0.4, -0.2) is 57.9 Å². The van der Waals surface area contributed by atoms with E-state index < -0.39 is 0 Å². The highest BCUT2D eigenvalue weighted by Gasteiger charge is 2.50. The molecule has 1 aromatic carbocycles. The Morgan fingerprint density at radius 3 is 2.71 bits per heavy atom. The Labute approximate surface area is 181 Å². The number of aromatic nitrogens is 4. The predicted octanol–water partition coefficient (Wildman–Crippen LogP) is 1.54. The first kappa shape index (κ1) is 20.0. The molecule has 0 bridgehead atoms. The van der Waals surface area contributed by atoms with Crippen molar-refractivity contribution in [3.63, 3.8) is 0 Å². The molecule has 5 N–H and O–H groups in total. The highest BCUT2D eigenvalue weighted by molar-refractivity contribution is 5.87. The molecule has 3 aromatic rings. The Kier molecular flexibility index (Phi) is 4.75. The second-order valence-corrected chi connectivity index (χ2v) is 9.21. The zero-order valence-electron chi connectivity index (χ0n) is 18.4. The van der Waals surface area contributed by atoms with Crippen LogP contribution in [0.4, 0.5) is 11.8 Å². The van der Waals surface area contributed by atoms with Crippen molar-refractivity contribution in [3.8, 4) is 5.75 Å². The lowest BCUT2D eigenvalue weighted by molar-refractivity contribution is -0.0651. The van der Waals surface area contributed by atoms with Gasteiger partial charge in [0.1, 0.15) is 16.8 Å². The number of rotatable bonds is 6. The molecule has 0 atom stereocenters. The quantitative estimate of drug-likeness (QED) is 0.547. The number of benzene rings is 1. The number of nitrogen functional groups attached to an aromatic ring is 2. The molecule has 0 radical (unpaired) electrons. The lowest BCUT2D eigenvalue weighted by atomic mass is 9.61. The molecule has 1 saturated heterocycles. The molecule has 3 heterocycles. The number of aryl methyl sites for hydroxylation is 1. The first-order chi connectivity index (χ1) is 14.9. The number of hydrogen-bond donors (Lipinski definition) is 3. The van der Waals surface area contributed by atoms with Crippen LogP contribution < -0.4 is 21.5 Å². The minimum absolute atomic E-state index is 0.156. The fourth-order valence-electron chi connectivity index (χ4n) is 5.33. The van der Waals surface area contributed by atoms with Gasteiger partial charge in [0.25, 0.3) is 0 Å². The van der Waals surface area contributed by atoms with Gasteiger partial charge < -0.3 is 26.4 Å². The summed E-state index contributed by atoms with van der Waals surface area (Å²) in [6.07, 6.45) is 2.57. The molecule has 2 fully saturated rings. The number of nitrogens with zero attached hydrogens (tertiary/aromatic N) is 5. The minimum atomic E-state index is 0.156. The first-order valence-electron chi connectivity index (χ1n) is 10.7. The summed E-state index contributed by atoms with van der Waals surface area (Å²) < 4.78 is 7.51. The predicted molar refractivity (Wildman–Crippen MR) is 121 cm³/mol. The van der Waals surface area contributed by atoms with Crippen LogP contribution in [0.15, 0.2) is 18.2 Å². The van der Waals surface area contributed by atoms with E-state index in [9.17, 15) is 0 Å². The van der Waals surface area contributed by atoms with Crippen LogP contribution >= 0.6 is 0 Å². The number of nitrogens with one attached hydrogen (secondary N) is 1. The maximum atomic E-state index is 6.11. The summed E-state index contributed by atoms with van der Waals surface area (Å²) in [6, 6.07) is 6.96. The van der Waals surface area contributed by atoms with E-state index >= 15 is 0 Å². The molecular weight excluding hydrogens is 392 g/mol. The van der Waals surface area contributed by atoms with Gasteiger partial charge in [0.05, 0.1) is 19.3 Å². The maximum absolute atomic E-state index is 6.11. The van der Waals surface area contributed by atoms with Crippen LogP contribution in [0, 0.1) is 12.3 Å². The summed E-state index contributed by atoms with van der Waals surface area (Å²) in [5.41, 5.74) is 16.8. The third kappa shape index (κ3) is 3.57. The average molecular weight is 423 g/mol. The van der Waals surface area contributed by atoms with Crippen LogP contribution in [0.25, 0.3) is 11.0 Å². The molecule has 2 aliphatic rings. The van der Waals surface area contributed by atoms with E-state index in [0.717, 1.165) is 23.6 Å². The molecular formula is C22H30N8O. The maximum Gasteiger partial charge on any atom is 0.222 e. The van der Waals surface area contributed by atoms with Crippen LogP contribution in [0.5, 0.6) is 5.75 Å². The fourth-order valence-corrected chi connectivity index (χ4v) is 5.33. The van der Waals surface area contributed by atoms with Gasteiger partial charge in [-0.2, -0.15) is 10.1 Å². The van der Waals surface area contributed by atoms with Gasteiger partial charge in [0.15, 0.2) is 5.82 Å². The van der Waals surface area contributed by atoms with Gasteiger partial charge in [-0.1, -0.05) is 12.1 Å². The molecule has 1 saturated carbocycles. The Balaban J connectivity index is 1.29. The monoisotopic (exact) mass is 422 g/mol. The zero-order chi connectivity index (χ0) is 21.8. The average Bonchev–Trinajstić information content (AvgIpc) is 2.98. The molecule has 31 heavy (non-hydrogen) atoms. The summed E-state index contributed by atoms with van der Waals surface area (Å²) in [6.45, 7) is 5.74. The van der Waals surface area contributed by atoms with E-state index in [1.807, 2.05) is 11.6 Å². The SMILES string of the molecule is COc1cc(CNC2CC3(C2)CN(C)C3)ccc1Cn1nc(C)c2nc(N)nc(N)c21. The van der Waals surface area contributed by atoms with Gasteiger partial charge in [0, 0.05) is 31.2 Å². The summed E-state index contributed by atoms with van der Waals surface area (Å²) in [4.78, 5) is 10.8. The van der Waals surface area contributed by atoms with Gasteiger partial charge in [-0.15, -0.1) is 0 Å². The number of nitrogens with two attached hydrogens (primary N) is 2. The highest BCUT2D eigenvalue weighted by Crippen LogP contribution is 2.47. The lowest BCUT2D eigenvalue weighted by Crippen LogP contribution is -2.64. The number of ether oxygens (including phenoxy) is 1. The summed E-state index contributed by atoms with van der Waals surface area (Å²) in [5, 5.41) is 8.30. The van der Waals surface area contributed by atoms with Crippen molar-refractivity contribution in [2.45, 2.75) is 38.9 Å². The zero-order valence-corrected chi connectivity index (χ0v) is 18.4. The van der Waals surface area contributed by atoms with Crippen LogP contribution in [0.2, 0.25) is 0 Å². The molecule has 9 heteroatoms. The molecule has 9 nitrogen and oxygen atoms in total. The molecule has 2 aromatic heterocycles. The van der Waals surface area contributed by atoms with Crippen molar-refractivity contribution in [2.75, 3.05) is 38.7 Å². The van der Waals surface area contributed by atoms with Crippen LogP contribution in [0.1, 0.15) is 29.7 Å². The van der Waals surface area contributed by atoms with Crippen LogP contribution in [0.3, 0.4) is 0 Å². The third-order valence-corrected chi connectivity index (χ3v) is 6.64. The first-order valence-corrected chi connectivity index (χ1v) is 10.7. The van der Waals surface area contributed by atoms with E-state index in [-0.39, 0.29) is 5.95 Å². The lowest BCUT2D eigenvalue weighted by Gasteiger charge is -2.58. The molecule has 1 aliphatic heterocycles. The van der Waals surface area contributed by atoms with Crippen molar-refractivity contribution in [1.29, 1.82) is 0 Å². The number of likely N-dealkylation sites (tertiary alicyclic amines) is 1. The Morgan fingerprint density at radius 2 is 2.00 bits per heavy atom. The van der Waals surface area contributed by atoms with E-state index in [4.69, 9.17) is 16.2 Å². The number of methoxy groups -OCH3 is 1. The third-order valence-electron chi connectivity index (χ3n) is 6.64. The van der Waals surface area contributed by atoms with E-state index in [1.54, 1.807) is 7.11 Å². The summed E-state index contributed by atoms with van der Waals surface area (Å²) in [5.74, 6) is 1.32. The number of anilines is 2. The largest absolute Gasteiger partial charge is 0.496 e. The van der Waals surface area contributed by atoms with Crippen molar-refractivity contribution < 1.29 is 4.74 Å². The molecule has 0 unspecified atom stereocenters. The minimum Gasteiger partial charge on any atom is -0.496 e. The van der Waals surface area contributed by atoms with Gasteiger partial charge in [-0.3, -0.25) is 4.68 Å². The van der Waals surface area contributed by atoms with Crippen LogP contribution in [-0.2, 0) is 13.1 Å². The van der Waals surface area contributed by atoms with Crippen molar-refractivity contribution in [2.24, 2.45) is 5.41 Å². The van der Waals surface area contributed by atoms with E-state index in [1.165, 1.54) is 31.5 Å². The topological polar surface area (TPSA) is 120 Å². The second-order valence-electron chi connectivity index (χ2n) is 9.21. The standard InChI is InChI=1S/C22H30N8O/c1-13-18-19(20(23)27-21(24)26-18)30(28-13)10-15-5-4-14(6-17(15)31-3)9-25-16-7-22(8-16)11-29(2)12-22/h4-6,16,25H,7-12H2,1-3H3,(H4,23,24,26,27). The summed E-state index contributed by atoms with van der Waals surface area (Å²) in [7, 11) is 3.90. The van der Waals surface area contributed by atoms with Crippen molar-refractivity contribution >= 4 is 22.8 Å². The van der Waals surface area contributed by atoms with Gasteiger partial charge in [-0.25, -0.2) is 4.98 Å². The fraction of sp³-hybridized carbons (Fsp3) is 0.500. The Hall–Kier alpha value is -2.91. The normalized spacial score (nSPS) is 18.3. The highest BCUT2D eigenvalue weighted by atomic mass is 16.5. The number of fused-ring (bicyclic) bond motifs is 1. The smallest absolute Gasteiger partial charge is 0.222 e.